The van der Waals surface area contributed by atoms with E-state index in [1.165, 1.54) is 0 Å². The van der Waals surface area contributed by atoms with E-state index < -0.39 is 27.9 Å². The van der Waals surface area contributed by atoms with Gasteiger partial charge in [-0.2, -0.15) is 0 Å². The van der Waals surface area contributed by atoms with Gasteiger partial charge in [0.2, 0.25) is 0 Å². The van der Waals surface area contributed by atoms with Crippen LogP contribution in [0.5, 0.6) is 0 Å². The van der Waals surface area contributed by atoms with Crippen LogP contribution in [0.15, 0.2) is 0 Å². The van der Waals surface area contributed by atoms with Crippen LogP contribution < -0.4 is 10.3 Å². The first kappa shape index (κ1) is 31.6. The van der Waals surface area contributed by atoms with Gasteiger partial charge in [0.15, 0.2) is 20.6 Å². The van der Waals surface area contributed by atoms with Crippen molar-refractivity contribution >= 4 is 48.3 Å². The summed E-state index contributed by atoms with van der Waals surface area (Å²) in [5.41, 5.74) is 0. The molecule has 0 aliphatic rings. The van der Waals surface area contributed by atoms with E-state index in [0.717, 1.165) is 0 Å². The van der Waals surface area contributed by atoms with Crippen LogP contribution in [-0.2, 0) is 49.8 Å². The van der Waals surface area contributed by atoms with Gasteiger partial charge in [-0.05, 0) is 0 Å². The zero-order chi connectivity index (χ0) is 15.3. The summed E-state index contributed by atoms with van der Waals surface area (Å²) < 4.78 is 53.1. The van der Waals surface area contributed by atoms with Gasteiger partial charge in [0, 0.05) is 0 Å². The van der Waals surface area contributed by atoms with Crippen LogP contribution in [0.4, 0.5) is 0 Å². The first-order chi connectivity index (χ1) is 7.15. The van der Waals surface area contributed by atoms with Crippen molar-refractivity contribution in [2.75, 3.05) is 0 Å². The summed E-state index contributed by atoms with van der Waals surface area (Å²) in [7, 11) is -1.60. The van der Waals surface area contributed by atoms with Crippen molar-refractivity contribution in [3.8, 4) is 0 Å². The molecule has 7 N–H and O–H groups in total. The molecular weight excluding hydrogens is 435 g/mol. The van der Waals surface area contributed by atoms with Crippen LogP contribution in [0.25, 0.3) is 0 Å². The van der Waals surface area contributed by atoms with E-state index in [4.69, 9.17) is 61.4 Å². The molecule has 0 fully saturated rings. The fraction of sp³-hybridized carbons (Fsp3) is 0. The van der Waals surface area contributed by atoms with E-state index in [9.17, 15) is 0 Å². The Bertz CT molecular complexity index is 282. The normalized spacial score (nSPS) is 9.17. The summed E-state index contributed by atoms with van der Waals surface area (Å²) in [5.74, 6) is 0. The molecule has 0 heterocycles. The quantitative estimate of drug-likeness (QED) is 0.182. The Hall–Kier alpha value is 1.25. The zero-order valence-corrected chi connectivity index (χ0v) is 12.8. The van der Waals surface area contributed by atoms with E-state index >= 15 is 0 Å². The monoisotopic (exact) mass is 440 g/mol. The summed E-state index contributed by atoms with van der Waals surface area (Å²) in [6.45, 7) is 0. The van der Waals surface area contributed by atoms with Crippen LogP contribution in [0.1, 0.15) is 0 Å². The van der Waals surface area contributed by atoms with Gasteiger partial charge in [-0.3, -0.25) is 0 Å². The van der Waals surface area contributed by atoms with Crippen LogP contribution in [-0.4, -0.2) is 48.3 Å². The maximum Gasteiger partial charge on any atom is 2.00 e. The Balaban J connectivity index is -0.0000000417. The Morgan fingerprint density at radius 2 is 0.944 bits per heavy atom. The molecule has 18 heavy (non-hydrogen) atoms. The first-order valence-corrected chi connectivity index (χ1v) is 8.15. The van der Waals surface area contributed by atoms with Crippen molar-refractivity contribution in [2.24, 2.45) is 10.3 Å². The number of hydrogen-bond donors (Lipinski definition) is 5. The predicted molar refractivity (Wildman–Crippen MR) is 51.9 cm³/mol. The van der Waals surface area contributed by atoms with Crippen molar-refractivity contribution < 1.29 is 70.2 Å². The number of halogens is 2. The first-order valence-electron chi connectivity index (χ1n) is 2.49. The van der Waals surface area contributed by atoms with Gasteiger partial charge < -0.3 is 24.2 Å². The third-order valence-electron chi connectivity index (χ3n) is 0. The van der Waals surface area contributed by atoms with Gasteiger partial charge in [-0.15, -0.1) is 0 Å². The molecule has 0 rings (SSSR count). The van der Waals surface area contributed by atoms with Gasteiger partial charge in [0.05, 0.1) is 0 Å². The van der Waals surface area contributed by atoms with Crippen LogP contribution in [0.3, 0.4) is 0 Å². The summed E-state index contributed by atoms with van der Waals surface area (Å²) in [6.07, 6.45) is 0. The van der Waals surface area contributed by atoms with E-state index in [0.29, 0.717) is 12.7 Å². The minimum atomic E-state index is -4.42. The van der Waals surface area contributed by atoms with E-state index in [2.05, 4.69) is 10.3 Å². The van der Waals surface area contributed by atoms with Gasteiger partial charge >= 0.3 is 56.9 Å². The molecular formula is H7BCl2N2Ni2O9S2. The largest absolute Gasteiger partial charge is 2.00 e. The second kappa shape index (κ2) is 18.3. The second-order valence-corrected chi connectivity index (χ2v) is 4.98. The fourth-order valence-electron chi connectivity index (χ4n) is 0. The van der Waals surface area contributed by atoms with Gasteiger partial charge in [-0.25, -0.2) is 27.1 Å². The molecule has 0 saturated heterocycles. The maximum atomic E-state index is 8.85. The molecule has 0 aromatic heterocycles. The smallest absolute Gasteiger partial charge is 2.00 e. The third-order valence-corrected chi connectivity index (χ3v) is 0. The number of rotatable bonds is 0. The zero-order valence-electron chi connectivity index (χ0n) is 7.73. The van der Waals surface area contributed by atoms with E-state index in [-0.39, 0.29) is 16.5 Å². The molecule has 120 valence electrons. The molecule has 0 aromatic rings. The van der Waals surface area contributed by atoms with Crippen molar-refractivity contribution in [3.05, 3.63) is 0 Å². The Morgan fingerprint density at radius 3 is 0.944 bits per heavy atom. The van der Waals surface area contributed by atoms with Crippen LogP contribution in [0, 0.1) is 0 Å². The fourth-order valence-corrected chi connectivity index (χ4v) is 0. The van der Waals surface area contributed by atoms with Crippen LogP contribution in [0.2, 0.25) is 0 Å². The topological polar surface area (TPSA) is 227 Å². The maximum absolute atomic E-state index is 8.85. The molecule has 0 spiro atoms. The second-order valence-electron chi connectivity index (χ2n) is 1.38. The molecule has 0 amide bonds. The van der Waals surface area contributed by atoms with Gasteiger partial charge in [0.25, 0.3) is 0 Å². The third kappa shape index (κ3) is 2910. The molecule has 0 unspecified atom stereocenters. The number of hydrogen-bond acceptors (Lipinski definition) is 9. The average Bonchev–Trinajstić information content (AvgIpc) is 1.74. The van der Waals surface area contributed by atoms with Crippen LogP contribution >= 0.6 is 20.4 Å². The Kier molecular flexibility index (Phi) is 32.0. The molecule has 0 radical (unpaired) electrons. The SMILES string of the molecule is NS(=O)(=O)[O-].NS(=O)(=O)[O-].OB(O)O.[Cl][Ni][Cl].[Ni+2]. The molecule has 18 heteroatoms. The minimum absolute atomic E-state index is 0. The van der Waals surface area contributed by atoms with Crippen molar-refractivity contribution in [1.82, 2.24) is 0 Å². The molecule has 0 aliphatic carbocycles. The molecule has 11 nitrogen and oxygen atoms in total. The van der Waals surface area contributed by atoms with Crippen molar-refractivity contribution in [1.29, 1.82) is 0 Å². The van der Waals surface area contributed by atoms with Gasteiger partial charge in [0.1, 0.15) is 0 Å². The molecule has 0 aromatic carbocycles. The molecule has 0 saturated carbocycles. The summed E-state index contributed by atoms with van der Waals surface area (Å²) in [5, 5.41) is 29.0. The Labute approximate surface area is 128 Å². The standard InChI is InChI=1S/BH3O3.2ClH.2H3NO3S.2Ni/c2-1(3)4;;;2*1-5(2,3)4;;/h2-4H;2*1H;2*(H3,1,2,3,4);;/q;;;;;2*+2/p-4. The molecule has 0 atom stereocenters. The molecule has 0 bridgehead atoms. The predicted octanol–water partition coefficient (Wildman–Crippen LogP) is -3.87. The van der Waals surface area contributed by atoms with E-state index in [1.54, 1.807) is 0 Å². The van der Waals surface area contributed by atoms with Crippen molar-refractivity contribution in [3.63, 3.8) is 0 Å². The summed E-state index contributed by atoms with van der Waals surface area (Å²) in [4.78, 5) is 0. The molecule has 0 aliphatic heterocycles. The minimum Gasteiger partial charge on any atom is 2.00 e. The Morgan fingerprint density at radius 1 is 0.944 bits per heavy atom. The van der Waals surface area contributed by atoms with Gasteiger partial charge in [-0.1, -0.05) is 0 Å². The average molecular weight is 442 g/mol. The van der Waals surface area contributed by atoms with E-state index in [1.807, 2.05) is 0 Å². The summed E-state index contributed by atoms with van der Waals surface area (Å²) >= 11 is 0.569. The van der Waals surface area contributed by atoms with Crippen molar-refractivity contribution in [2.45, 2.75) is 0 Å². The summed E-state index contributed by atoms with van der Waals surface area (Å²) in [6, 6.07) is 0. The number of nitrogens with two attached hydrogens (primary N) is 2.